The predicted molar refractivity (Wildman–Crippen MR) is 93.7 cm³/mol. The molecule has 0 atom stereocenters. The minimum atomic E-state index is -1.10. The van der Waals surface area contributed by atoms with Crippen LogP contribution in [0.15, 0.2) is 30.3 Å². The van der Waals surface area contributed by atoms with E-state index in [9.17, 15) is 18.4 Å². The van der Waals surface area contributed by atoms with E-state index in [1.54, 1.807) is 13.2 Å². The number of ether oxygens (including phenoxy) is 2. The van der Waals surface area contributed by atoms with Crippen molar-refractivity contribution in [2.24, 2.45) is 0 Å². The highest BCUT2D eigenvalue weighted by Gasteiger charge is 2.27. The molecule has 27 heavy (non-hydrogen) atoms. The maximum atomic E-state index is 13.2. The minimum absolute atomic E-state index is 0.0102. The van der Waals surface area contributed by atoms with Gasteiger partial charge in [0, 0.05) is 24.8 Å². The number of fused-ring (bicyclic) bond motifs is 1. The number of carbonyl (C=O) groups excluding carboxylic acids is 2. The van der Waals surface area contributed by atoms with Crippen molar-refractivity contribution in [2.75, 3.05) is 26.1 Å². The van der Waals surface area contributed by atoms with Crippen molar-refractivity contribution in [3.05, 3.63) is 53.1 Å². The maximum absolute atomic E-state index is 13.2. The van der Waals surface area contributed by atoms with Gasteiger partial charge in [-0.3, -0.25) is 9.59 Å². The molecular formula is C19H18F2N2O4. The molecule has 1 heterocycles. The summed E-state index contributed by atoms with van der Waals surface area (Å²) >= 11 is 0. The Balaban J connectivity index is 1.73. The topological polar surface area (TPSA) is 67.9 Å². The lowest BCUT2D eigenvalue weighted by molar-refractivity contribution is -0.143. The summed E-state index contributed by atoms with van der Waals surface area (Å²) < 4.78 is 36.7. The fourth-order valence-electron chi connectivity index (χ4n) is 2.96. The first kappa shape index (κ1) is 18.6. The largest absolute Gasteiger partial charge is 0.493 e. The van der Waals surface area contributed by atoms with Gasteiger partial charge in [-0.25, -0.2) is 8.78 Å². The zero-order valence-electron chi connectivity index (χ0n) is 14.8. The monoisotopic (exact) mass is 376 g/mol. The van der Waals surface area contributed by atoms with Crippen LogP contribution in [0, 0.1) is 11.6 Å². The van der Waals surface area contributed by atoms with Crippen LogP contribution in [0.5, 0.6) is 11.5 Å². The Kier molecular flexibility index (Phi) is 5.25. The number of nitrogens with one attached hydrogen (secondary N) is 1. The number of carbonyl (C=O) groups is 2. The number of anilines is 1. The van der Waals surface area contributed by atoms with Crippen molar-refractivity contribution in [2.45, 2.75) is 13.0 Å². The smallest absolute Gasteiger partial charge is 0.313 e. The lowest BCUT2D eigenvalue weighted by Crippen LogP contribution is -2.42. The Labute approximate surface area is 154 Å². The molecule has 0 saturated carbocycles. The van der Waals surface area contributed by atoms with Gasteiger partial charge < -0.3 is 19.7 Å². The van der Waals surface area contributed by atoms with Crippen LogP contribution in [-0.2, 0) is 22.6 Å². The maximum Gasteiger partial charge on any atom is 0.313 e. The number of benzene rings is 2. The van der Waals surface area contributed by atoms with Gasteiger partial charge in [0.25, 0.3) is 0 Å². The highest BCUT2D eigenvalue weighted by molar-refractivity contribution is 6.39. The van der Waals surface area contributed by atoms with Crippen LogP contribution in [0.4, 0.5) is 14.5 Å². The van der Waals surface area contributed by atoms with E-state index in [4.69, 9.17) is 9.47 Å². The summed E-state index contributed by atoms with van der Waals surface area (Å²) in [7, 11) is 3.07. The molecule has 142 valence electrons. The molecular weight excluding hydrogens is 358 g/mol. The van der Waals surface area contributed by atoms with E-state index in [-0.39, 0.29) is 12.2 Å². The van der Waals surface area contributed by atoms with E-state index in [1.807, 2.05) is 6.07 Å². The lowest BCUT2D eigenvalue weighted by atomic mass is 9.98. The van der Waals surface area contributed by atoms with Gasteiger partial charge in [0.1, 0.15) is 0 Å². The predicted octanol–water partition coefficient (Wildman–Crippen LogP) is 2.51. The number of hydrogen-bond donors (Lipinski definition) is 1. The number of methoxy groups -OCH3 is 2. The molecule has 0 aliphatic carbocycles. The molecule has 2 aromatic rings. The van der Waals surface area contributed by atoms with Gasteiger partial charge in [-0.15, -0.1) is 0 Å². The van der Waals surface area contributed by atoms with Crippen LogP contribution in [0.2, 0.25) is 0 Å². The second-order valence-corrected chi connectivity index (χ2v) is 6.04. The summed E-state index contributed by atoms with van der Waals surface area (Å²) in [5, 5.41) is 2.29. The van der Waals surface area contributed by atoms with Crippen molar-refractivity contribution < 1.29 is 27.8 Å². The van der Waals surface area contributed by atoms with Crippen LogP contribution in [0.1, 0.15) is 11.1 Å². The minimum Gasteiger partial charge on any atom is -0.493 e. The molecule has 0 saturated heterocycles. The molecule has 1 N–H and O–H groups in total. The number of rotatable bonds is 3. The molecule has 2 amide bonds. The fraction of sp³-hybridized carbons (Fsp3) is 0.263. The fourth-order valence-corrected chi connectivity index (χ4v) is 2.96. The molecule has 2 aromatic carbocycles. The molecule has 0 fully saturated rings. The Hall–Kier alpha value is -3.16. The van der Waals surface area contributed by atoms with Gasteiger partial charge in [-0.2, -0.15) is 0 Å². The highest BCUT2D eigenvalue weighted by Crippen LogP contribution is 2.33. The number of halogens is 2. The van der Waals surface area contributed by atoms with Gasteiger partial charge in [0.05, 0.1) is 14.2 Å². The standard InChI is InChI=1S/C19H18F2N2O4/c1-26-16-7-11-5-6-23(10-12(11)8-17(16)27-2)19(25)18(24)22-13-3-4-14(20)15(21)9-13/h3-4,7-9H,5-6,10H2,1-2H3,(H,22,24). The first-order valence-electron chi connectivity index (χ1n) is 8.22. The first-order chi connectivity index (χ1) is 12.9. The molecule has 0 unspecified atom stereocenters. The van der Waals surface area contributed by atoms with Gasteiger partial charge >= 0.3 is 11.8 Å². The Morgan fingerprint density at radius 1 is 1.00 bits per heavy atom. The van der Waals surface area contributed by atoms with E-state index < -0.39 is 23.4 Å². The Morgan fingerprint density at radius 2 is 1.67 bits per heavy atom. The van der Waals surface area contributed by atoms with Crippen LogP contribution in [0.25, 0.3) is 0 Å². The van der Waals surface area contributed by atoms with Crippen LogP contribution in [-0.4, -0.2) is 37.5 Å². The van der Waals surface area contributed by atoms with E-state index in [0.717, 1.165) is 23.3 Å². The van der Waals surface area contributed by atoms with Crippen molar-refractivity contribution in [1.82, 2.24) is 4.90 Å². The van der Waals surface area contributed by atoms with Crippen LogP contribution < -0.4 is 14.8 Å². The van der Waals surface area contributed by atoms with E-state index in [0.29, 0.717) is 24.5 Å². The second kappa shape index (κ2) is 7.61. The normalized spacial score (nSPS) is 13.0. The SMILES string of the molecule is COc1cc2c(cc1OC)CN(C(=O)C(=O)Nc1ccc(F)c(F)c1)CC2. The van der Waals surface area contributed by atoms with Gasteiger partial charge in [-0.05, 0) is 41.8 Å². The Bertz CT molecular complexity index is 902. The summed E-state index contributed by atoms with van der Waals surface area (Å²) in [6.07, 6.45) is 0.555. The lowest BCUT2D eigenvalue weighted by Gasteiger charge is -2.29. The van der Waals surface area contributed by atoms with Crippen molar-refractivity contribution in [1.29, 1.82) is 0 Å². The molecule has 0 radical (unpaired) electrons. The third-order valence-electron chi connectivity index (χ3n) is 4.38. The zero-order valence-corrected chi connectivity index (χ0v) is 14.8. The van der Waals surface area contributed by atoms with Crippen LogP contribution in [0.3, 0.4) is 0 Å². The third kappa shape index (κ3) is 3.84. The molecule has 1 aliphatic heterocycles. The zero-order chi connectivity index (χ0) is 19.6. The quantitative estimate of drug-likeness (QED) is 0.836. The van der Waals surface area contributed by atoms with Gasteiger partial charge in [0.15, 0.2) is 23.1 Å². The molecule has 1 aliphatic rings. The second-order valence-electron chi connectivity index (χ2n) is 6.04. The highest BCUT2D eigenvalue weighted by atomic mass is 19.2. The summed E-state index contributed by atoms with van der Waals surface area (Å²) in [6.45, 7) is 0.590. The molecule has 3 rings (SSSR count). The average Bonchev–Trinajstić information content (AvgIpc) is 2.68. The number of hydrogen-bond acceptors (Lipinski definition) is 4. The summed E-state index contributed by atoms with van der Waals surface area (Å²) in [5.74, 6) is -2.65. The summed E-state index contributed by atoms with van der Waals surface area (Å²) in [6, 6.07) is 6.53. The number of amides is 2. The number of nitrogens with zero attached hydrogens (tertiary/aromatic N) is 1. The average molecular weight is 376 g/mol. The molecule has 0 bridgehead atoms. The van der Waals surface area contributed by atoms with Gasteiger partial charge in [-0.1, -0.05) is 0 Å². The van der Waals surface area contributed by atoms with Crippen molar-refractivity contribution in [3.63, 3.8) is 0 Å². The first-order valence-corrected chi connectivity index (χ1v) is 8.22. The van der Waals surface area contributed by atoms with E-state index in [1.165, 1.54) is 18.1 Å². The summed E-state index contributed by atoms with van der Waals surface area (Å²) in [5.41, 5.74) is 1.88. The molecule has 8 heteroatoms. The van der Waals surface area contributed by atoms with Crippen LogP contribution >= 0.6 is 0 Å². The van der Waals surface area contributed by atoms with E-state index in [2.05, 4.69) is 5.32 Å². The Morgan fingerprint density at radius 3 is 2.30 bits per heavy atom. The van der Waals surface area contributed by atoms with E-state index >= 15 is 0 Å². The molecule has 0 aromatic heterocycles. The van der Waals surface area contributed by atoms with Crippen molar-refractivity contribution >= 4 is 17.5 Å². The third-order valence-corrected chi connectivity index (χ3v) is 4.38. The molecule has 6 nitrogen and oxygen atoms in total. The molecule has 0 spiro atoms. The summed E-state index contributed by atoms with van der Waals surface area (Å²) in [4.78, 5) is 26.0. The van der Waals surface area contributed by atoms with Gasteiger partial charge in [0.2, 0.25) is 0 Å². The van der Waals surface area contributed by atoms with Crippen molar-refractivity contribution in [3.8, 4) is 11.5 Å².